The molecule has 1 unspecified atom stereocenters. The highest BCUT2D eigenvalue weighted by molar-refractivity contribution is 5.98. The molecule has 1 atom stereocenters. The Morgan fingerprint density at radius 3 is 2.81 bits per heavy atom. The molecule has 1 N–H and O–H groups in total. The number of carbonyl (C=O) groups is 1. The Morgan fingerprint density at radius 1 is 1.19 bits per heavy atom. The number of carbonyl (C=O) groups excluding carboxylic acids is 1. The average molecular weight is 287 g/mol. The number of hydrogen-bond donors (Lipinski definition) is 1. The molecule has 3 rings (SSSR count). The standard InChI is InChI=1S/C17H25N3O/c1-19-11-5-4-7-14(19)13-18-15-8-2-3-9-16(15)20-12-6-10-17(20)21/h2-3,8-9,14,18H,4-7,10-13H2,1H3. The number of anilines is 2. The van der Waals surface area contributed by atoms with E-state index in [1.54, 1.807) is 0 Å². The zero-order valence-corrected chi connectivity index (χ0v) is 12.8. The lowest BCUT2D eigenvalue weighted by atomic mass is 10.0. The summed E-state index contributed by atoms with van der Waals surface area (Å²) in [5, 5.41) is 3.58. The predicted octanol–water partition coefficient (Wildman–Crippen LogP) is 2.71. The molecule has 1 aromatic carbocycles. The maximum atomic E-state index is 12.0. The first-order chi connectivity index (χ1) is 10.3. The highest BCUT2D eigenvalue weighted by atomic mass is 16.2. The summed E-state index contributed by atoms with van der Waals surface area (Å²) in [5.41, 5.74) is 2.13. The predicted molar refractivity (Wildman–Crippen MR) is 86.8 cm³/mol. The van der Waals surface area contributed by atoms with Crippen LogP contribution in [0.3, 0.4) is 0 Å². The number of piperidine rings is 1. The van der Waals surface area contributed by atoms with Crippen LogP contribution in [0.15, 0.2) is 24.3 Å². The molecule has 21 heavy (non-hydrogen) atoms. The number of amides is 1. The first-order valence-corrected chi connectivity index (χ1v) is 8.09. The topological polar surface area (TPSA) is 35.6 Å². The van der Waals surface area contributed by atoms with Gasteiger partial charge in [0.05, 0.1) is 11.4 Å². The van der Waals surface area contributed by atoms with E-state index < -0.39 is 0 Å². The molecule has 2 heterocycles. The summed E-state index contributed by atoms with van der Waals surface area (Å²) < 4.78 is 0. The summed E-state index contributed by atoms with van der Waals surface area (Å²) in [6, 6.07) is 8.79. The molecule has 2 saturated heterocycles. The first-order valence-electron chi connectivity index (χ1n) is 8.09. The molecule has 1 amide bonds. The van der Waals surface area contributed by atoms with Crippen molar-refractivity contribution in [1.82, 2.24) is 4.90 Å². The maximum absolute atomic E-state index is 12.0. The fraction of sp³-hybridized carbons (Fsp3) is 0.588. The minimum absolute atomic E-state index is 0.249. The van der Waals surface area contributed by atoms with Crippen molar-refractivity contribution >= 4 is 17.3 Å². The number of para-hydroxylation sites is 2. The van der Waals surface area contributed by atoms with E-state index in [4.69, 9.17) is 0 Å². The van der Waals surface area contributed by atoms with E-state index in [0.717, 1.165) is 30.9 Å². The summed E-state index contributed by atoms with van der Waals surface area (Å²) in [5.74, 6) is 0.249. The van der Waals surface area contributed by atoms with Crippen molar-refractivity contribution < 1.29 is 4.79 Å². The van der Waals surface area contributed by atoms with Crippen LogP contribution in [0, 0.1) is 0 Å². The summed E-state index contributed by atoms with van der Waals surface area (Å²) in [4.78, 5) is 16.3. The second-order valence-corrected chi connectivity index (χ2v) is 6.18. The van der Waals surface area contributed by atoms with Crippen molar-refractivity contribution in [2.75, 3.05) is 36.9 Å². The van der Waals surface area contributed by atoms with Gasteiger partial charge in [-0.05, 0) is 45.0 Å². The monoisotopic (exact) mass is 287 g/mol. The SMILES string of the molecule is CN1CCCCC1CNc1ccccc1N1CCCC1=O. The number of rotatable bonds is 4. The van der Waals surface area contributed by atoms with Gasteiger partial charge in [-0.25, -0.2) is 0 Å². The third-order valence-corrected chi connectivity index (χ3v) is 4.72. The Hall–Kier alpha value is -1.55. The lowest BCUT2D eigenvalue weighted by molar-refractivity contribution is -0.117. The smallest absolute Gasteiger partial charge is 0.227 e. The van der Waals surface area contributed by atoms with E-state index in [0.29, 0.717) is 12.5 Å². The highest BCUT2D eigenvalue weighted by Crippen LogP contribution is 2.29. The molecule has 0 aliphatic carbocycles. The Bertz CT molecular complexity index is 503. The van der Waals surface area contributed by atoms with E-state index in [1.165, 1.54) is 25.8 Å². The van der Waals surface area contributed by atoms with E-state index in [1.807, 2.05) is 17.0 Å². The fourth-order valence-corrected chi connectivity index (χ4v) is 3.39. The van der Waals surface area contributed by atoms with Gasteiger partial charge in [-0.2, -0.15) is 0 Å². The fourth-order valence-electron chi connectivity index (χ4n) is 3.39. The van der Waals surface area contributed by atoms with Crippen LogP contribution in [0.25, 0.3) is 0 Å². The van der Waals surface area contributed by atoms with Crippen LogP contribution in [0.4, 0.5) is 11.4 Å². The van der Waals surface area contributed by atoms with Crippen molar-refractivity contribution in [1.29, 1.82) is 0 Å². The zero-order chi connectivity index (χ0) is 14.7. The molecule has 2 aliphatic heterocycles. The molecule has 0 bridgehead atoms. The van der Waals surface area contributed by atoms with Gasteiger partial charge >= 0.3 is 0 Å². The van der Waals surface area contributed by atoms with Gasteiger partial charge in [0.25, 0.3) is 0 Å². The van der Waals surface area contributed by atoms with Gasteiger partial charge in [0, 0.05) is 25.6 Å². The van der Waals surface area contributed by atoms with Crippen LogP contribution >= 0.6 is 0 Å². The van der Waals surface area contributed by atoms with E-state index in [2.05, 4.69) is 29.4 Å². The van der Waals surface area contributed by atoms with Crippen molar-refractivity contribution in [2.24, 2.45) is 0 Å². The molecular formula is C17H25N3O. The molecule has 0 saturated carbocycles. The summed E-state index contributed by atoms with van der Waals surface area (Å²) in [6.07, 6.45) is 5.54. The molecule has 1 aromatic rings. The third-order valence-electron chi connectivity index (χ3n) is 4.72. The Morgan fingerprint density at radius 2 is 2.05 bits per heavy atom. The molecule has 4 heteroatoms. The molecule has 4 nitrogen and oxygen atoms in total. The molecule has 0 aromatic heterocycles. The van der Waals surface area contributed by atoms with Gasteiger partial charge in [-0.3, -0.25) is 4.79 Å². The number of likely N-dealkylation sites (N-methyl/N-ethyl adjacent to an activating group) is 1. The van der Waals surface area contributed by atoms with Crippen LogP contribution < -0.4 is 10.2 Å². The summed E-state index contributed by atoms with van der Waals surface area (Å²) in [7, 11) is 2.21. The molecule has 2 fully saturated rings. The van der Waals surface area contributed by atoms with Gasteiger partial charge < -0.3 is 15.1 Å². The number of benzene rings is 1. The lowest BCUT2D eigenvalue weighted by Crippen LogP contribution is -2.41. The van der Waals surface area contributed by atoms with Gasteiger partial charge in [0.15, 0.2) is 0 Å². The minimum Gasteiger partial charge on any atom is -0.382 e. The molecule has 0 spiro atoms. The Balaban J connectivity index is 1.69. The van der Waals surface area contributed by atoms with Crippen molar-refractivity contribution in [3.05, 3.63) is 24.3 Å². The van der Waals surface area contributed by atoms with Crippen molar-refractivity contribution in [3.63, 3.8) is 0 Å². The molecule has 0 radical (unpaired) electrons. The van der Waals surface area contributed by atoms with Gasteiger partial charge in [-0.1, -0.05) is 18.6 Å². The molecule has 2 aliphatic rings. The van der Waals surface area contributed by atoms with E-state index >= 15 is 0 Å². The van der Waals surface area contributed by atoms with Gasteiger partial charge in [-0.15, -0.1) is 0 Å². The Kier molecular flexibility index (Phi) is 4.44. The lowest BCUT2D eigenvalue weighted by Gasteiger charge is -2.33. The second kappa shape index (κ2) is 6.48. The average Bonchev–Trinajstić information content (AvgIpc) is 2.93. The largest absolute Gasteiger partial charge is 0.382 e. The highest BCUT2D eigenvalue weighted by Gasteiger charge is 2.24. The van der Waals surface area contributed by atoms with Crippen LogP contribution in [0.2, 0.25) is 0 Å². The van der Waals surface area contributed by atoms with Gasteiger partial charge in [0.1, 0.15) is 0 Å². The van der Waals surface area contributed by atoms with Crippen molar-refractivity contribution in [2.45, 2.75) is 38.1 Å². The van der Waals surface area contributed by atoms with Crippen LogP contribution in [0.5, 0.6) is 0 Å². The number of nitrogens with one attached hydrogen (secondary N) is 1. The number of likely N-dealkylation sites (tertiary alicyclic amines) is 1. The maximum Gasteiger partial charge on any atom is 0.227 e. The summed E-state index contributed by atoms with van der Waals surface area (Å²) in [6.45, 7) is 3.00. The van der Waals surface area contributed by atoms with Crippen LogP contribution in [-0.2, 0) is 4.79 Å². The molecule has 114 valence electrons. The molecular weight excluding hydrogens is 262 g/mol. The van der Waals surface area contributed by atoms with E-state index in [-0.39, 0.29) is 5.91 Å². The van der Waals surface area contributed by atoms with Crippen molar-refractivity contribution in [3.8, 4) is 0 Å². The number of nitrogens with zero attached hydrogens (tertiary/aromatic N) is 2. The first kappa shape index (κ1) is 14.4. The van der Waals surface area contributed by atoms with E-state index in [9.17, 15) is 4.79 Å². The number of hydrogen-bond acceptors (Lipinski definition) is 3. The normalized spacial score (nSPS) is 23.6. The minimum atomic E-state index is 0.249. The second-order valence-electron chi connectivity index (χ2n) is 6.18. The quantitative estimate of drug-likeness (QED) is 0.925. The Labute approximate surface area is 127 Å². The zero-order valence-electron chi connectivity index (χ0n) is 12.8. The van der Waals surface area contributed by atoms with Gasteiger partial charge in [0.2, 0.25) is 5.91 Å². The summed E-state index contributed by atoms with van der Waals surface area (Å²) >= 11 is 0. The van der Waals surface area contributed by atoms with Crippen LogP contribution in [-0.4, -0.2) is 43.5 Å². The third kappa shape index (κ3) is 3.21. The van der Waals surface area contributed by atoms with Crippen LogP contribution in [0.1, 0.15) is 32.1 Å².